The Morgan fingerprint density at radius 3 is 2.53 bits per heavy atom. The summed E-state index contributed by atoms with van der Waals surface area (Å²) in [6.07, 6.45) is 0.976. The van der Waals surface area contributed by atoms with Gasteiger partial charge in [-0.05, 0) is 56.2 Å². The van der Waals surface area contributed by atoms with Crippen molar-refractivity contribution in [2.75, 3.05) is 44.3 Å². The zero-order chi connectivity index (χ0) is 25.0. The number of hydrogen-bond acceptors (Lipinski definition) is 7. The Hall–Kier alpha value is -1.75. The average molecular weight is 573 g/mol. The van der Waals surface area contributed by atoms with Crippen LogP contribution in [-0.2, 0) is 25.8 Å². The molecule has 3 aromatic rings. The van der Waals surface area contributed by atoms with Gasteiger partial charge in [0.15, 0.2) is 15.0 Å². The second kappa shape index (κ2) is 12.7. The number of aromatic nitrogens is 1. The minimum Gasteiger partial charge on any atom is -0.379 e. The maximum absolute atomic E-state index is 13.4. The van der Waals surface area contributed by atoms with Crippen LogP contribution in [0.2, 0.25) is 5.02 Å². The fourth-order valence-corrected chi connectivity index (χ4v) is 6.29. The van der Waals surface area contributed by atoms with Crippen LogP contribution in [0.5, 0.6) is 0 Å². The topological polar surface area (TPSA) is 79.8 Å². The van der Waals surface area contributed by atoms with E-state index in [1.54, 1.807) is 49.1 Å². The summed E-state index contributed by atoms with van der Waals surface area (Å²) in [7, 11) is -3.35. The maximum Gasteiger partial charge on any atom is 0.233 e. The standard InChI is InChI=1S/C25H30ClN3O4S2.ClH/c1-18(2)35(31,32)21-7-4-19(5-8-21)16-24(30)29(11-3-10-28-12-14-33-15-13-28)25-27-22-9-6-20(26)17-23(22)34-25;/h4-9,17-18H,3,10-16H2,1-2H3;1H. The summed E-state index contributed by atoms with van der Waals surface area (Å²) in [6.45, 7) is 8.03. The number of carbonyl (C=O) groups is 1. The largest absolute Gasteiger partial charge is 0.379 e. The Kier molecular flexibility index (Phi) is 10.1. The number of hydrogen-bond donors (Lipinski definition) is 0. The van der Waals surface area contributed by atoms with E-state index in [-0.39, 0.29) is 29.6 Å². The van der Waals surface area contributed by atoms with E-state index in [9.17, 15) is 13.2 Å². The lowest BCUT2D eigenvalue weighted by atomic mass is 10.1. The number of anilines is 1. The van der Waals surface area contributed by atoms with Gasteiger partial charge in [0.2, 0.25) is 5.91 Å². The predicted octanol–water partition coefficient (Wildman–Crippen LogP) is 4.85. The molecule has 4 rings (SSSR count). The van der Waals surface area contributed by atoms with E-state index >= 15 is 0 Å². The van der Waals surface area contributed by atoms with Gasteiger partial charge in [-0.15, -0.1) is 12.4 Å². The highest BCUT2D eigenvalue weighted by atomic mass is 35.5. The normalized spacial score (nSPS) is 14.7. The van der Waals surface area contributed by atoms with Crippen molar-refractivity contribution in [1.82, 2.24) is 9.88 Å². The Bertz CT molecular complexity index is 1270. The van der Waals surface area contributed by atoms with Gasteiger partial charge >= 0.3 is 0 Å². The minimum atomic E-state index is -3.35. The van der Waals surface area contributed by atoms with Gasteiger partial charge < -0.3 is 4.74 Å². The molecule has 0 unspecified atom stereocenters. The average Bonchev–Trinajstić information content (AvgIpc) is 3.25. The van der Waals surface area contributed by atoms with Crippen molar-refractivity contribution in [1.29, 1.82) is 0 Å². The van der Waals surface area contributed by atoms with E-state index in [0.29, 0.717) is 16.7 Å². The molecule has 0 atom stereocenters. The summed E-state index contributed by atoms with van der Waals surface area (Å²) in [5, 5.41) is 0.784. The van der Waals surface area contributed by atoms with E-state index in [1.807, 2.05) is 12.1 Å². The first kappa shape index (κ1) is 28.8. The van der Waals surface area contributed by atoms with Crippen molar-refractivity contribution in [2.45, 2.75) is 36.8 Å². The number of rotatable bonds is 9. The van der Waals surface area contributed by atoms with Gasteiger partial charge in [0.1, 0.15) is 0 Å². The van der Waals surface area contributed by atoms with Crippen LogP contribution in [0.4, 0.5) is 5.13 Å². The first-order valence-corrected chi connectivity index (χ1v) is 14.5. The lowest BCUT2D eigenvalue weighted by Crippen LogP contribution is -2.39. The van der Waals surface area contributed by atoms with Crippen molar-refractivity contribution < 1.29 is 17.9 Å². The fourth-order valence-electron chi connectivity index (χ4n) is 3.95. The minimum absolute atomic E-state index is 0. The van der Waals surface area contributed by atoms with Gasteiger partial charge in [-0.25, -0.2) is 13.4 Å². The molecule has 0 saturated carbocycles. The second-order valence-electron chi connectivity index (χ2n) is 8.88. The second-order valence-corrected chi connectivity index (χ2v) is 12.8. The SMILES string of the molecule is CC(C)S(=O)(=O)c1ccc(CC(=O)N(CCCN2CCOCC2)c2nc3ccc(Cl)cc3s2)cc1.Cl. The molecule has 1 aliphatic heterocycles. The Labute approximate surface area is 227 Å². The summed E-state index contributed by atoms with van der Waals surface area (Å²) in [4.78, 5) is 22.5. The van der Waals surface area contributed by atoms with Gasteiger partial charge in [-0.1, -0.05) is 35.1 Å². The summed E-state index contributed by atoms with van der Waals surface area (Å²) >= 11 is 7.60. The van der Waals surface area contributed by atoms with Crippen LogP contribution in [0.15, 0.2) is 47.4 Å². The van der Waals surface area contributed by atoms with E-state index in [2.05, 4.69) is 4.90 Å². The molecular weight excluding hydrogens is 541 g/mol. The number of fused-ring (bicyclic) bond motifs is 1. The molecule has 7 nitrogen and oxygen atoms in total. The third-order valence-electron chi connectivity index (χ3n) is 6.06. The highest BCUT2D eigenvalue weighted by Gasteiger charge is 2.22. The van der Waals surface area contributed by atoms with Gasteiger partial charge in [-0.3, -0.25) is 14.6 Å². The van der Waals surface area contributed by atoms with Crippen molar-refractivity contribution in [2.24, 2.45) is 0 Å². The maximum atomic E-state index is 13.4. The fraction of sp³-hybridized carbons (Fsp3) is 0.440. The summed E-state index contributed by atoms with van der Waals surface area (Å²) in [5.41, 5.74) is 1.57. The molecule has 2 heterocycles. The molecule has 2 aromatic carbocycles. The molecule has 0 radical (unpaired) electrons. The number of nitrogens with zero attached hydrogens (tertiary/aromatic N) is 3. The highest BCUT2D eigenvalue weighted by molar-refractivity contribution is 7.92. The number of carbonyl (C=O) groups excluding carboxylic acids is 1. The lowest BCUT2D eigenvalue weighted by Gasteiger charge is -2.27. The van der Waals surface area contributed by atoms with Crippen molar-refractivity contribution in [3.05, 3.63) is 53.1 Å². The van der Waals surface area contributed by atoms with Crippen LogP contribution >= 0.6 is 35.3 Å². The van der Waals surface area contributed by atoms with Crippen LogP contribution in [0.1, 0.15) is 25.8 Å². The van der Waals surface area contributed by atoms with E-state index < -0.39 is 15.1 Å². The molecule has 0 aliphatic carbocycles. The van der Waals surface area contributed by atoms with Gasteiger partial charge in [-0.2, -0.15) is 0 Å². The van der Waals surface area contributed by atoms with E-state index in [0.717, 1.165) is 55.0 Å². The summed E-state index contributed by atoms with van der Waals surface area (Å²) < 4.78 is 31.2. The molecule has 196 valence electrons. The number of benzene rings is 2. The van der Waals surface area contributed by atoms with Crippen LogP contribution in [-0.4, -0.2) is 68.9 Å². The highest BCUT2D eigenvalue weighted by Crippen LogP contribution is 2.31. The lowest BCUT2D eigenvalue weighted by molar-refractivity contribution is -0.118. The summed E-state index contributed by atoms with van der Waals surface area (Å²) in [6, 6.07) is 12.1. The first-order valence-electron chi connectivity index (χ1n) is 11.7. The van der Waals surface area contributed by atoms with Crippen LogP contribution in [0, 0.1) is 0 Å². The third kappa shape index (κ3) is 6.96. The molecule has 0 bridgehead atoms. The third-order valence-corrected chi connectivity index (χ3v) is 9.51. The molecule has 1 fully saturated rings. The zero-order valence-corrected chi connectivity index (χ0v) is 23.6. The molecule has 0 N–H and O–H groups in total. The van der Waals surface area contributed by atoms with Crippen LogP contribution in [0.25, 0.3) is 10.2 Å². The molecule has 1 saturated heterocycles. The molecule has 11 heteroatoms. The number of morpholine rings is 1. The Morgan fingerprint density at radius 2 is 1.86 bits per heavy atom. The van der Waals surface area contributed by atoms with Crippen molar-refractivity contribution >= 4 is 66.4 Å². The first-order chi connectivity index (χ1) is 16.7. The van der Waals surface area contributed by atoms with Gasteiger partial charge in [0, 0.05) is 31.2 Å². The Morgan fingerprint density at radius 1 is 1.17 bits per heavy atom. The predicted molar refractivity (Wildman–Crippen MR) is 149 cm³/mol. The van der Waals surface area contributed by atoms with E-state index in [1.165, 1.54) is 11.3 Å². The van der Waals surface area contributed by atoms with E-state index in [4.69, 9.17) is 21.3 Å². The number of ether oxygens (including phenoxy) is 1. The smallest absolute Gasteiger partial charge is 0.233 e. The monoisotopic (exact) mass is 571 g/mol. The molecule has 36 heavy (non-hydrogen) atoms. The number of halogens is 2. The van der Waals surface area contributed by atoms with Crippen LogP contribution in [0.3, 0.4) is 0 Å². The molecular formula is C25H31Cl2N3O4S2. The van der Waals surface area contributed by atoms with Crippen molar-refractivity contribution in [3.8, 4) is 0 Å². The summed E-state index contributed by atoms with van der Waals surface area (Å²) in [5.74, 6) is -0.0726. The molecule has 1 aliphatic rings. The molecule has 0 spiro atoms. The molecule has 1 amide bonds. The number of sulfone groups is 1. The Balaban J connectivity index is 0.00000361. The van der Waals surface area contributed by atoms with Crippen molar-refractivity contribution in [3.63, 3.8) is 0 Å². The zero-order valence-electron chi connectivity index (χ0n) is 20.4. The number of thiazole rings is 1. The van der Waals surface area contributed by atoms with Gasteiger partial charge in [0.05, 0.1) is 40.0 Å². The molecule has 1 aromatic heterocycles. The van der Waals surface area contributed by atoms with Crippen LogP contribution < -0.4 is 4.90 Å². The number of amides is 1. The van der Waals surface area contributed by atoms with Gasteiger partial charge in [0.25, 0.3) is 0 Å². The quantitative estimate of drug-likeness (QED) is 0.365.